The van der Waals surface area contributed by atoms with Crippen LogP contribution in [0.15, 0.2) is 30.3 Å². The zero-order chi connectivity index (χ0) is 10.4. The number of aliphatic hydroxyl groups excluding tert-OH is 1. The molecule has 0 heterocycles. The van der Waals surface area contributed by atoms with Gasteiger partial charge in [0.05, 0.1) is 12.6 Å². The van der Waals surface area contributed by atoms with Gasteiger partial charge >= 0.3 is 0 Å². The van der Waals surface area contributed by atoms with Crippen molar-refractivity contribution in [3.05, 3.63) is 35.9 Å². The van der Waals surface area contributed by atoms with Crippen molar-refractivity contribution in [2.45, 2.75) is 19.1 Å². The van der Waals surface area contributed by atoms with Crippen molar-refractivity contribution in [2.24, 2.45) is 0 Å². The average Bonchev–Trinajstić information content (AvgIpc) is 2.26. The summed E-state index contributed by atoms with van der Waals surface area (Å²) in [7, 11) is 0. The molecule has 0 unspecified atom stereocenters. The molecular weight excluding hydrogens is 174 g/mol. The van der Waals surface area contributed by atoms with Crippen LogP contribution >= 0.6 is 0 Å². The second kappa shape index (κ2) is 5.43. The van der Waals surface area contributed by atoms with Gasteiger partial charge in [-0.3, -0.25) is 0 Å². The Kier molecular flexibility index (Phi) is 4.18. The van der Waals surface area contributed by atoms with E-state index in [0.29, 0.717) is 6.54 Å². The smallest absolute Gasteiger partial charge is 0.0940 e. The van der Waals surface area contributed by atoms with E-state index in [1.165, 1.54) is 0 Å². The number of hydrogen-bond donors (Lipinski definition) is 2. The van der Waals surface area contributed by atoms with Crippen LogP contribution in [-0.4, -0.2) is 17.7 Å². The standard InChI is InChI=1S/C12H15NO/c1-3-9-13-10(2)12(14)11-7-5-4-6-8-11/h1,4-8,10,12-14H,9H2,2H3/t10-,12-/m0/s1. The molecular formula is C12H15NO. The van der Waals surface area contributed by atoms with Gasteiger partial charge in [0, 0.05) is 6.04 Å². The van der Waals surface area contributed by atoms with Gasteiger partial charge in [-0.15, -0.1) is 6.42 Å². The Bertz CT molecular complexity index is 302. The van der Waals surface area contributed by atoms with Gasteiger partial charge in [0.15, 0.2) is 0 Å². The zero-order valence-corrected chi connectivity index (χ0v) is 8.27. The van der Waals surface area contributed by atoms with Gasteiger partial charge in [-0.1, -0.05) is 36.3 Å². The molecule has 0 saturated heterocycles. The normalized spacial score (nSPS) is 14.4. The van der Waals surface area contributed by atoms with Gasteiger partial charge < -0.3 is 10.4 Å². The molecule has 1 rings (SSSR count). The summed E-state index contributed by atoms with van der Waals surface area (Å²) in [6, 6.07) is 9.51. The maximum absolute atomic E-state index is 9.88. The summed E-state index contributed by atoms with van der Waals surface area (Å²) in [5.41, 5.74) is 0.907. The molecule has 74 valence electrons. The molecule has 2 atom stereocenters. The largest absolute Gasteiger partial charge is 0.387 e. The van der Waals surface area contributed by atoms with E-state index in [1.807, 2.05) is 37.3 Å². The fraction of sp³-hybridized carbons (Fsp3) is 0.333. The topological polar surface area (TPSA) is 32.3 Å². The molecule has 14 heavy (non-hydrogen) atoms. The quantitative estimate of drug-likeness (QED) is 0.700. The fourth-order valence-corrected chi connectivity index (χ4v) is 1.27. The lowest BCUT2D eigenvalue weighted by Crippen LogP contribution is -2.32. The molecule has 0 spiro atoms. The summed E-state index contributed by atoms with van der Waals surface area (Å²) in [6.45, 7) is 2.39. The lowest BCUT2D eigenvalue weighted by Gasteiger charge is -2.19. The molecule has 0 aliphatic rings. The highest BCUT2D eigenvalue weighted by Gasteiger charge is 2.14. The maximum Gasteiger partial charge on any atom is 0.0940 e. The summed E-state index contributed by atoms with van der Waals surface area (Å²) in [5, 5.41) is 12.9. The van der Waals surface area contributed by atoms with Crippen LogP contribution in [-0.2, 0) is 0 Å². The van der Waals surface area contributed by atoms with Crippen LogP contribution in [0, 0.1) is 12.3 Å². The lowest BCUT2D eigenvalue weighted by atomic mass is 10.0. The van der Waals surface area contributed by atoms with E-state index >= 15 is 0 Å². The van der Waals surface area contributed by atoms with Crippen molar-refractivity contribution in [1.29, 1.82) is 0 Å². The summed E-state index contributed by atoms with van der Waals surface area (Å²) in [5.74, 6) is 2.48. The van der Waals surface area contributed by atoms with E-state index < -0.39 is 6.10 Å². The minimum atomic E-state index is -0.510. The summed E-state index contributed by atoms with van der Waals surface area (Å²) < 4.78 is 0. The third-order valence-electron chi connectivity index (χ3n) is 2.14. The van der Waals surface area contributed by atoms with Gasteiger partial charge in [0.25, 0.3) is 0 Å². The first-order valence-corrected chi connectivity index (χ1v) is 4.65. The summed E-state index contributed by atoms with van der Waals surface area (Å²) in [6.07, 6.45) is 4.61. The molecule has 0 fully saturated rings. The molecule has 0 aliphatic heterocycles. The van der Waals surface area contributed by atoms with Crippen molar-refractivity contribution in [3.63, 3.8) is 0 Å². The van der Waals surface area contributed by atoms with Crippen molar-refractivity contribution in [3.8, 4) is 12.3 Å². The molecule has 2 nitrogen and oxygen atoms in total. The van der Waals surface area contributed by atoms with Crippen molar-refractivity contribution < 1.29 is 5.11 Å². The molecule has 2 N–H and O–H groups in total. The second-order valence-corrected chi connectivity index (χ2v) is 3.23. The Morgan fingerprint density at radius 3 is 2.64 bits per heavy atom. The highest BCUT2D eigenvalue weighted by atomic mass is 16.3. The molecule has 2 heteroatoms. The molecule has 0 saturated carbocycles. The van der Waals surface area contributed by atoms with E-state index in [1.54, 1.807) is 0 Å². The Morgan fingerprint density at radius 1 is 1.43 bits per heavy atom. The lowest BCUT2D eigenvalue weighted by molar-refractivity contribution is 0.138. The predicted molar refractivity (Wildman–Crippen MR) is 57.7 cm³/mol. The number of rotatable bonds is 4. The predicted octanol–water partition coefficient (Wildman–Crippen LogP) is 1.33. The number of hydrogen-bond acceptors (Lipinski definition) is 2. The van der Waals surface area contributed by atoms with E-state index in [9.17, 15) is 5.11 Å². The zero-order valence-electron chi connectivity index (χ0n) is 8.27. The van der Waals surface area contributed by atoms with Gasteiger partial charge in [0.1, 0.15) is 0 Å². The molecule has 0 bridgehead atoms. The Labute approximate surface area is 85.0 Å². The third-order valence-corrected chi connectivity index (χ3v) is 2.14. The van der Waals surface area contributed by atoms with Crippen LogP contribution in [0.5, 0.6) is 0 Å². The highest BCUT2D eigenvalue weighted by Crippen LogP contribution is 2.15. The van der Waals surface area contributed by atoms with Gasteiger partial charge in [-0.2, -0.15) is 0 Å². The first kappa shape index (κ1) is 10.8. The van der Waals surface area contributed by atoms with E-state index in [4.69, 9.17) is 6.42 Å². The number of benzene rings is 1. The Hall–Kier alpha value is -1.30. The van der Waals surface area contributed by atoms with Crippen LogP contribution in [0.1, 0.15) is 18.6 Å². The van der Waals surface area contributed by atoms with Gasteiger partial charge in [-0.25, -0.2) is 0 Å². The molecule has 1 aromatic carbocycles. The van der Waals surface area contributed by atoms with E-state index in [-0.39, 0.29) is 6.04 Å². The highest BCUT2D eigenvalue weighted by molar-refractivity contribution is 5.18. The monoisotopic (exact) mass is 189 g/mol. The van der Waals surface area contributed by atoms with Crippen molar-refractivity contribution in [2.75, 3.05) is 6.54 Å². The Morgan fingerprint density at radius 2 is 2.07 bits per heavy atom. The van der Waals surface area contributed by atoms with E-state index in [0.717, 1.165) is 5.56 Å². The minimum absolute atomic E-state index is 0.0338. The SMILES string of the molecule is C#CCN[C@@H](C)[C@H](O)c1ccccc1. The third kappa shape index (κ3) is 2.88. The molecule has 0 aromatic heterocycles. The van der Waals surface area contributed by atoms with Crippen molar-refractivity contribution >= 4 is 0 Å². The maximum atomic E-state index is 9.88. The summed E-state index contributed by atoms with van der Waals surface area (Å²) in [4.78, 5) is 0. The average molecular weight is 189 g/mol. The van der Waals surface area contributed by atoms with Crippen molar-refractivity contribution in [1.82, 2.24) is 5.32 Å². The first-order chi connectivity index (χ1) is 6.75. The minimum Gasteiger partial charge on any atom is -0.387 e. The van der Waals surface area contributed by atoms with Crippen LogP contribution in [0.25, 0.3) is 0 Å². The Balaban J connectivity index is 2.57. The molecule has 0 amide bonds. The van der Waals surface area contributed by atoms with E-state index in [2.05, 4.69) is 11.2 Å². The number of terminal acetylenes is 1. The first-order valence-electron chi connectivity index (χ1n) is 4.65. The van der Waals surface area contributed by atoms with Gasteiger partial charge in [0.2, 0.25) is 0 Å². The molecule has 1 aromatic rings. The summed E-state index contributed by atoms with van der Waals surface area (Å²) >= 11 is 0. The number of aliphatic hydroxyl groups is 1. The number of nitrogens with one attached hydrogen (secondary N) is 1. The molecule has 0 radical (unpaired) electrons. The van der Waals surface area contributed by atoms with Crippen LogP contribution < -0.4 is 5.32 Å². The van der Waals surface area contributed by atoms with Crippen LogP contribution in [0.4, 0.5) is 0 Å². The fourth-order valence-electron chi connectivity index (χ4n) is 1.27. The van der Waals surface area contributed by atoms with Crippen LogP contribution in [0.3, 0.4) is 0 Å². The molecule has 0 aliphatic carbocycles. The second-order valence-electron chi connectivity index (χ2n) is 3.23. The van der Waals surface area contributed by atoms with Crippen LogP contribution in [0.2, 0.25) is 0 Å². The van der Waals surface area contributed by atoms with Gasteiger partial charge in [-0.05, 0) is 12.5 Å².